The maximum Gasteiger partial charge on any atom is 0.221 e. The fourth-order valence-electron chi connectivity index (χ4n) is 1.85. The summed E-state index contributed by atoms with van der Waals surface area (Å²) in [5.74, 6) is 0.266. The van der Waals surface area contributed by atoms with E-state index >= 15 is 0 Å². The van der Waals surface area contributed by atoms with Crippen molar-refractivity contribution in [2.75, 3.05) is 5.73 Å². The Labute approximate surface area is 137 Å². The molecule has 0 aliphatic heterocycles. The zero-order valence-corrected chi connectivity index (χ0v) is 12.8. The van der Waals surface area contributed by atoms with E-state index in [2.05, 4.69) is 15.1 Å². The number of rotatable bonds is 3. The van der Waals surface area contributed by atoms with Gasteiger partial charge in [-0.25, -0.2) is 9.66 Å². The topological polar surface area (TPSA) is 69.1 Å². The van der Waals surface area contributed by atoms with Crippen LogP contribution in [0.2, 0.25) is 10.0 Å². The van der Waals surface area contributed by atoms with Gasteiger partial charge in [-0.15, -0.1) is 0 Å². The summed E-state index contributed by atoms with van der Waals surface area (Å²) >= 11 is 12.0. The average Bonchev–Trinajstić information content (AvgIpc) is 2.88. The third-order valence-corrected chi connectivity index (χ3v) is 3.49. The van der Waals surface area contributed by atoms with E-state index in [9.17, 15) is 0 Å². The van der Waals surface area contributed by atoms with Gasteiger partial charge in [-0.1, -0.05) is 35.3 Å². The number of anilines is 1. The molecule has 0 aliphatic rings. The van der Waals surface area contributed by atoms with Gasteiger partial charge in [-0.3, -0.25) is 4.98 Å². The van der Waals surface area contributed by atoms with Crippen LogP contribution in [0.25, 0.3) is 11.4 Å². The van der Waals surface area contributed by atoms with Gasteiger partial charge in [0, 0.05) is 16.8 Å². The fourth-order valence-corrected chi connectivity index (χ4v) is 2.30. The van der Waals surface area contributed by atoms with E-state index in [0.717, 1.165) is 11.3 Å². The zero-order chi connectivity index (χ0) is 15.5. The van der Waals surface area contributed by atoms with Crippen LogP contribution in [0.1, 0.15) is 5.56 Å². The van der Waals surface area contributed by atoms with Gasteiger partial charge in [0.15, 0.2) is 0 Å². The number of aromatic nitrogens is 3. The van der Waals surface area contributed by atoms with Crippen molar-refractivity contribution < 1.29 is 0 Å². The van der Waals surface area contributed by atoms with Crippen LogP contribution < -0.4 is 5.73 Å². The second kappa shape index (κ2) is 6.17. The molecule has 2 heterocycles. The number of nitrogen functional groups attached to an aromatic ring is 1. The summed E-state index contributed by atoms with van der Waals surface area (Å²) in [6.07, 6.45) is 5.00. The average molecular weight is 332 g/mol. The Bertz CT molecular complexity index is 827. The van der Waals surface area contributed by atoms with Gasteiger partial charge in [-0.2, -0.15) is 5.10 Å². The molecule has 0 fully saturated rings. The molecule has 0 saturated carbocycles. The summed E-state index contributed by atoms with van der Waals surface area (Å²) in [7, 11) is 0. The van der Waals surface area contributed by atoms with Gasteiger partial charge in [0.2, 0.25) is 5.95 Å². The van der Waals surface area contributed by atoms with E-state index in [1.54, 1.807) is 36.8 Å². The maximum atomic E-state index is 6.09. The minimum atomic E-state index is 0.266. The first-order valence-electron chi connectivity index (χ1n) is 6.39. The fraction of sp³-hybridized carbons (Fsp3) is 0. The van der Waals surface area contributed by atoms with Crippen molar-refractivity contribution in [2.24, 2.45) is 5.10 Å². The molecule has 1 aromatic carbocycles. The van der Waals surface area contributed by atoms with E-state index in [-0.39, 0.29) is 5.95 Å². The lowest BCUT2D eigenvalue weighted by atomic mass is 10.2. The largest absolute Gasteiger partial charge is 0.368 e. The predicted molar refractivity (Wildman–Crippen MR) is 89.3 cm³/mol. The van der Waals surface area contributed by atoms with Crippen molar-refractivity contribution in [2.45, 2.75) is 0 Å². The Morgan fingerprint density at radius 2 is 2.00 bits per heavy atom. The highest BCUT2D eigenvalue weighted by molar-refractivity contribution is 6.36. The Morgan fingerprint density at radius 3 is 2.73 bits per heavy atom. The van der Waals surface area contributed by atoms with Gasteiger partial charge in [0.05, 0.1) is 23.1 Å². The van der Waals surface area contributed by atoms with E-state index in [4.69, 9.17) is 28.9 Å². The molecule has 3 rings (SSSR count). The first-order valence-corrected chi connectivity index (χ1v) is 7.15. The second-order valence-electron chi connectivity index (χ2n) is 4.45. The van der Waals surface area contributed by atoms with Gasteiger partial charge >= 0.3 is 0 Å². The summed E-state index contributed by atoms with van der Waals surface area (Å²) in [4.78, 5) is 8.47. The van der Waals surface area contributed by atoms with Crippen molar-refractivity contribution >= 4 is 35.4 Å². The van der Waals surface area contributed by atoms with Crippen molar-refractivity contribution in [1.29, 1.82) is 0 Å². The lowest BCUT2D eigenvalue weighted by Crippen LogP contribution is -1.97. The monoisotopic (exact) mass is 331 g/mol. The Kier molecular flexibility index (Phi) is 4.09. The number of pyridine rings is 1. The van der Waals surface area contributed by atoms with Crippen LogP contribution in [0.3, 0.4) is 0 Å². The molecular formula is C15H11Cl2N5. The molecule has 3 aromatic rings. The van der Waals surface area contributed by atoms with Crippen LogP contribution in [-0.4, -0.2) is 20.9 Å². The molecule has 0 saturated heterocycles. The molecule has 2 aromatic heterocycles. The lowest BCUT2D eigenvalue weighted by Gasteiger charge is -1.99. The van der Waals surface area contributed by atoms with E-state index in [1.807, 2.05) is 18.2 Å². The summed E-state index contributed by atoms with van der Waals surface area (Å²) in [6.45, 7) is 0. The normalized spacial score (nSPS) is 11.2. The SMILES string of the molecule is Nc1nc(-c2ccccn2)cn1N=Cc1ccc(Cl)cc1Cl. The summed E-state index contributed by atoms with van der Waals surface area (Å²) in [5, 5.41) is 5.35. The number of halogens is 2. The maximum absolute atomic E-state index is 6.09. The molecule has 0 radical (unpaired) electrons. The van der Waals surface area contributed by atoms with Crippen LogP contribution in [-0.2, 0) is 0 Å². The van der Waals surface area contributed by atoms with Crippen molar-refractivity contribution in [3.63, 3.8) is 0 Å². The first kappa shape index (κ1) is 14.6. The summed E-state index contributed by atoms with van der Waals surface area (Å²) < 4.78 is 1.47. The molecular weight excluding hydrogens is 321 g/mol. The van der Waals surface area contributed by atoms with Gasteiger partial charge in [0.1, 0.15) is 5.69 Å². The third kappa shape index (κ3) is 3.10. The van der Waals surface area contributed by atoms with E-state index in [0.29, 0.717) is 15.7 Å². The molecule has 22 heavy (non-hydrogen) atoms. The highest BCUT2D eigenvalue weighted by Gasteiger charge is 2.07. The van der Waals surface area contributed by atoms with E-state index in [1.165, 1.54) is 4.68 Å². The van der Waals surface area contributed by atoms with E-state index < -0.39 is 0 Å². The quantitative estimate of drug-likeness (QED) is 0.743. The number of hydrogen-bond donors (Lipinski definition) is 1. The molecule has 7 heteroatoms. The molecule has 0 atom stereocenters. The minimum Gasteiger partial charge on any atom is -0.368 e. The second-order valence-corrected chi connectivity index (χ2v) is 5.30. The zero-order valence-electron chi connectivity index (χ0n) is 11.3. The number of nitrogens with two attached hydrogens (primary N) is 1. The molecule has 0 unspecified atom stereocenters. The molecule has 0 amide bonds. The molecule has 5 nitrogen and oxygen atoms in total. The Morgan fingerprint density at radius 1 is 1.14 bits per heavy atom. The van der Waals surface area contributed by atoms with Crippen LogP contribution in [0.5, 0.6) is 0 Å². The highest BCUT2D eigenvalue weighted by Crippen LogP contribution is 2.20. The standard InChI is InChI=1S/C15H11Cl2N5/c16-11-5-4-10(12(17)7-11)8-20-22-9-14(21-15(22)18)13-3-1-2-6-19-13/h1-9H,(H2,18,21). The number of benzene rings is 1. The first-order chi connectivity index (χ1) is 10.6. The third-order valence-electron chi connectivity index (χ3n) is 2.93. The van der Waals surface area contributed by atoms with Crippen molar-refractivity contribution in [3.8, 4) is 11.4 Å². The van der Waals surface area contributed by atoms with Crippen LogP contribution in [0.4, 0.5) is 5.95 Å². The molecule has 0 bridgehead atoms. The predicted octanol–water partition coefficient (Wildman–Crippen LogP) is 3.72. The highest BCUT2D eigenvalue weighted by atomic mass is 35.5. The lowest BCUT2D eigenvalue weighted by molar-refractivity contribution is 0.898. The minimum absolute atomic E-state index is 0.266. The van der Waals surface area contributed by atoms with Gasteiger partial charge in [0.25, 0.3) is 0 Å². The molecule has 0 spiro atoms. The van der Waals surface area contributed by atoms with Gasteiger partial charge in [-0.05, 0) is 24.3 Å². The smallest absolute Gasteiger partial charge is 0.221 e. The van der Waals surface area contributed by atoms with Crippen LogP contribution in [0.15, 0.2) is 53.9 Å². The Balaban J connectivity index is 1.90. The van der Waals surface area contributed by atoms with Crippen molar-refractivity contribution in [1.82, 2.24) is 14.6 Å². The number of imidazole rings is 1. The van der Waals surface area contributed by atoms with Crippen LogP contribution in [0, 0.1) is 0 Å². The van der Waals surface area contributed by atoms with Crippen LogP contribution >= 0.6 is 23.2 Å². The van der Waals surface area contributed by atoms with Gasteiger partial charge < -0.3 is 5.73 Å². The Hall–Kier alpha value is -2.37. The summed E-state index contributed by atoms with van der Waals surface area (Å²) in [5.41, 5.74) is 7.98. The number of hydrogen-bond acceptors (Lipinski definition) is 4. The summed E-state index contributed by atoms with van der Waals surface area (Å²) in [6, 6.07) is 10.7. The molecule has 2 N–H and O–H groups in total. The molecule has 0 aliphatic carbocycles. The molecule has 110 valence electrons. The number of nitrogens with zero attached hydrogens (tertiary/aromatic N) is 4. The van der Waals surface area contributed by atoms with Crippen molar-refractivity contribution in [3.05, 3.63) is 64.4 Å².